The summed E-state index contributed by atoms with van der Waals surface area (Å²) in [5.41, 5.74) is 4.84. The molecule has 3 aromatic heterocycles. The number of methoxy groups -OCH3 is 1. The first-order chi connectivity index (χ1) is 12.8. The quantitative estimate of drug-likeness (QED) is 0.523. The molecule has 2 N–H and O–H groups in total. The summed E-state index contributed by atoms with van der Waals surface area (Å²) in [6.07, 6.45) is 5.58. The molecule has 0 radical (unpaired) electrons. The van der Waals surface area contributed by atoms with Crippen LogP contribution in [0.1, 0.15) is 5.56 Å². The van der Waals surface area contributed by atoms with Gasteiger partial charge in [0.25, 0.3) is 0 Å². The van der Waals surface area contributed by atoms with Gasteiger partial charge in [-0.15, -0.1) is 0 Å². The maximum Gasteiger partial charge on any atom is 0.138 e. The second-order valence-corrected chi connectivity index (χ2v) is 6.13. The van der Waals surface area contributed by atoms with E-state index in [4.69, 9.17) is 9.72 Å². The number of rotatable bonds is 4. The summed E-state index contributed by atoms with van der Waals surface area (Å²) in [4.78, 5) is 8.13. The molecule has 2 aromatic carbocycles. The summed E-state index contributed by atoms with van der Waals surface area (Å²) < 4.78 is 7.37. The minimum Gasteiger partial charge on any atom is -0.496 e. The minimum atomic E-state index is 0.637. The number of nitrogens with zero attached hydrogens (tertiary/aromatic N) is 4. The monoisotopic (exact) mass is 344 g/mol. The van der Waals surface area contributed by atoms with Crippen molar-refractivity contribution in [2.24, 2.45) is 0 Å². The largest absolute Gasteiger partial charge is 0.496 e. The molecule has 0 saturated heterocycles. The Kier molecular flexibility index (Phi) is 3.24. The molecule has 5 rings (SSSR count). The van der Waals surface area contributed by atoms with Gasteiger partial charge in [-0.1, -0.05) is 0 Å². The topological polar surface area (TPSA) is 84.4 Å². The van der Waals surface area contributed by atoms with Crippen LogP contribution in [0, 0.1) is 0 Å². The number of H-pyrrole nitrogens is 2. The minimum absolute atomic E-state index is 0.637. The third-order valence-electron chi connectivity index (χ3n) is 4.48. The van der Waals surface area contributed by atoms with Crippen LogP contribution in [0.3, 0.4) is 0 Å². The molecule has 7 nitrogen and oxygen atoms in total. The Morgan fingerprint density at radius 1 is 1.15 bits per heavy atom. The van der Waals surface area contributed by atoms with Crippen molar-refractivity contribution in [2.45, 2.75) is 6.54 Å². The Balaban J connectivity index is 1.59. The molecule has 0 aliphatic rings. The van der Waals surface area contributed by atoms with Crippen LogP contribution in [0.4, 0.5) is 0 Å². The van der Waals surface area contributed by atoms with Crippen LogP contribution in [0.25, 0.3) is 33.3 Å². The molecule has 0 amide bonds. The van der Waals surface area contributed by atoms with E-state index >= 15 is 0 Å². The van der Waals surface area contributed by atoms with E-state index in [1.54, 1.807) is 13.3 Å². The summed E-state index contributed by atoms with van der Waals surface area (Å²) in [7, 11) is 1.68. The van der Waals surface area contributed by atoms with Gasteiger partial charge in [-0.05, 0) is 36.4 Å². The predicted octanol–water partition coefficient (Wildman–Crippen LogP) is 3.36. The molecule has 5 aromatic rings. The van der Waals surface area contributed by atoms with E-state index in [0.29, 0.717) is 6.54 Å². The molecular formula is C19H16N6O. The van der Waals surface area contributed by atoms with E-state index in [9.17, 15) is 0 Å². The maximum atomic E-state index is 5.50. The fourth-order valence-corrected chi connectivity index (χ4v) is 3.20. The fraction of sp³-hybridized carbons (Fsp3) is 0.105. The number of aromatic nitrogens is 6. The SMILES string of the molecule is COc1ccc(-c2nc3cc4c[nH]nc4cc3[nH]2)cc1Cn1cccn1. The molecule has 0 saturated carbocycles. The van der Waals surface area contributed by atoms with Crippen LogP contribution in [0.2, 0.25) is 0 Å². The van der Waals surface area contributed by atoms with Gasteiger partial charge in [-0.3, -0.25) is 9.78 Å². The number of hydrogen-bond acceptors (Lipinski definition) is 4. The lowest BCUT2D eigenvalue weighted by molar-refractivity contribution is 0.407. The normalized spacial score (nSPS) is 11.4. The molecule has 0 spiro atoms. The lowest BCUT2D eigenvalue weighted by atomic mass is 10.1. The number of fused-ring (bicyclic) bond motifs is 2. The van der Waals surface area contributed by atoms with E-state index in [-0.39, 0.29) is 0 Å². The summed E-state index contributed by atoms with van der Waals surface area (Å²) in [6.45, 7) is 0.637. The maximum absolute atomic E-state index is 5.50. The van der Waals surface area contributed by atoms with Crippen LogP contribution in [-0.4, -0.2) is 37.1 Å². The third kappa shape index (κ3) is 2.41. The summed E-state index contributed by atoms with van der Waals surface area (Å²) >= 11 is 0. The summed E-state index contributed by atoms with van der Waals surface area (Å²) in [5.74, 6) is 1.65. The molecule has 0 aliphatic carbocycles. The van der Waals surface area contributed by atoms with Gasteiger partial charge >= 0.3 is 0 Å². The lowest BCUT2D eigenvalue weighted by Gasteiger charge is -2.10. The van der Waals surface area contributed by atoms with Crippen molar-refractivity contribution in [3.63, 3.8) is 0 Å². The second-order valence-electron chi connectivity index (χ2n) is 6.13. The second kappa shape index (κ2) is 5.73. The van der Waals surface area contributed by atoms with Crippen molar-refractivity contribution in [1.82, 2.24) is 29.9 Å². The van der Waals surface area contributed by atoms with Gasteiger partial charge in [0.15, 0.2) is 0 Å². The number of nitrogens with one attached hydrogen (secondary N) is 2. The van der Waals surface area contributed by atoms with E-state index < -0.39 is 0 Å². The highest BCUT2D eigenvalue weighted by molar-refractivity contribution is 5.94. The Bertz CT molecular complexity index is 1150. The molecule has 0 aliphatic heterocycles. The van der Waals surface area contributed by atoms with Gasteiger partial charge < -0.3 is 9.72 Å². The van der Waals surface area contributed by atoms with Crippen LogP contribution in [-0.2, 0) is 6.54 Å². The standard InChI is InChI=1S/C19H16N6O/c1-26-18-4-3-12(7-14(18)11-25-6-2-5-21-25)19-22-16-8-13-10-20-24-15(13)9-17(16)23-19/h2-10H,11H2,1H3,(H,20,24)(H,22,23). The smallest absolute Gasteiger partial charge is 0.138 e. The highest BCUT2D eigenvalue weighted by atomic mass is 16.5. The zero-order chi connectivity index (χ0) is 17.5. The Morgan fingerprint density at radius 2 is 2.12 bits per heavy atom. The first-order valence-corrected chi connectivity index (χ1v) is 8.28. The number of aromatic amines is 2. The van der Waals surface area contributed by atoms with Crippen molar-refractivity contribution >= 4 is 21.9 Å². The van der Waals surface area contributed by atoms with Crippen LogP contribution in [0.15, 0.2) is 55.0 Å². The molecule has 0 bridgehead atoms. The molecule has 3 heterocycles. The first kappa shape index (κ1) is 14.7. The van der Waals surface area contributed by atoms with Gasteiger partial charge in [-0.2, -0.15) is 10.2 Å². The van der Waals surface area contributed by atoms with E-state index in [2.05, 4.69) is 26.3 Å². The highest BCUT2D eigenvalue weighted by Gasteiger charge is 2.11. The zero-order valence-electron chi connectivity index (χ0n) is 14.1. The lowest BCUT2D eigenvalue weighted by Crippen LogP contribution is -2.02. The number of hydrogen-bond donors (Lipinski definition) is 2. The van der Waals surface area contributed by atoms with Gasteiger partial charge in [0, 0.05) is 35.1 Å². The van der Waals surface area contributed by atoms with Gasteiger partial charge in [-0.25, -0.2) is 4.98 Å². The molecular weight excluding hydrogens is 328 g/mol. The Morgan fingerprint density at radius 3 is 2.96 bits per heavy atom. The zero-order valence-corrected chi connectivity index (χ0v) is 14.1. The van der Waals surface area contributed by atoms with Gasteiger partial charge in [0.2, 0.25) is 0 Å². The summed E-state index contributed by atoms with van der Waals surface area (Å²) in [6, 6.07) is 12.0. The van der Waals surface area contributed by atoms with Crippen molar-refractivity contribution in [3.8, 4) is 17.1 Å². The molecule has 128 valence electrons. The van der Waals surface area contributed by atoms with E-state index in [1.807, 2.05) is 47.4 Å². The van der Waals surface area contributed by atoms with Crippen LogP contribution < -0.4 is 4.74 Å². The van der Waals surface area contributed by atoms with E-state index in [1.165, 1.54) is 0 Å². The Hall–Kier alpha value is -3.61. The Labute approximate surface area is 148 Å². The average Bonchev–Trinajstić information content (AvgIpc) is 3.39. The third-order valence-corrected chi connectivity index (χ3v) is 4.48. The van der Waals surface area contributed by atoms with Crippen molar-refractivity contribution in [2.75, 3.05) is 7.11 Å². The highest BCUT2D eigenvalue weighted by Crippen LogP contribution is 2.28. The van der Waals surface area contributed by atoms with Gasteiger partial charge in [0.1, 0.15) is 11.6 Å². The molecule has 0 unspecified atom stereocenters. The predicted molar refractivity (Wildman–Crippen MR) is 99.1 cm³/mol. The van der Waals surface area contributed by atoms with E-state index in [0.717, 1.165) is 44.6 Å². The van der Waals surface area contributed by atoms with Crippen molar-refractivity contribution in [3.05, 3.63) is 60.6 Å². The summed E-state index contributed by atoms with van der Waals surface area (Å²) in [5, 5.41) is 12.4. The van der Waals surface area contributed by atoms with Crippen LogP contribution in [0.5, 0.6) is 5.75 Å². The van der Waals surface area contributed by atoms with Crippen LogP contribution >= 0.6 is 0 Å². The molecule has 26 heavy (non-hydrogen) atoms. The fourth-order valence-electron chi connectivity index (χ4n) is 3.20. The van der Waals surface area contributed by atoms with Crippen molar-refractivity contribution in [1.29, 1.82) is 0 Å². The number of imidazole rings is 1. The van der Waals surface area contributed by atoms with Gasteiger partial charge in [0.05, 0.1) is 30.2 Å². The molecule has 0 atom stereocenters. The number of ether oxygens (including phenoxy) is 1. The average molecular weight is 344 g/mol. The molecule has 7 heteroatoms. The number of benzene rings is 2. The van der Waals surface area contributed by atoms with Crippen molar-refractivity contribution < 1.29 is 4.74 Å². The first-order valence-electron chi connectivity index (χ1n) is 8.28. The molecule has 0 fully saturated rings.